The number of rotatable bonds is 55. The summed E-state index contributed by atoms with van der Waals surface area (Å²) in [6.45, 7) is 6.69. The van der Waals surface area contributed by atoms with Crippen LogP contribution in [0.15, 0.2) is 97.2 Å². The standard InChI is InChI=1S/C66H117N2O7P/c1-7-10-13-16-19-22-25-28-30-32-33-34-35-36-38-41-44-47-50-53-56-59-66(70)75-64(57-54-51-48-45-42-39-27-24-21-18-15-12-9-3)63(62-74-76(71,72)73-61-60-68(4,5)6)67-65(69)58-55-52-49-46-43-40-37-31-29-26-23-20-17-14-11-8-2/h10,13,19,22,28,30-31,33-34,36-38,44,47,54,57,63-64H,7-9,11-12,14-18,20-21,23-27,29,32,35,39-43,45-46,48-53,55-56,58-62H2,1-6H3,(H-,67,69,71,72)/b13-10-,22-19-,30-28-,34-33-,37-31+,38-36-,47-44-,57-54+. The Morgan fingerprint density at radius 2 is 0.842 bits per heavy atom. The minimum Gasteiger partial charge on any atom is -0.756 e. The lowest BCUT2D eigenvalue weighted by atomic mass is 10.0. The van der Waals surface area contributed by atoms with Gasteiger partial charge in [0.05, 0.1) is 33.8 Å². The Bertz CT molecular complexity index is 1620. The lowest BCUT2D eigenvalue weighted by Gasteiger charge is -2.30. The lowest BCUT2D eigenvalue weighted by molar-refractivity contribution is -0.870. The Labute approximate surface area is 468 Å². The number of phosphoric ester groups is 1. The number of carbonyl (C=O) groups is 2. The highest BCUT2D eigenvalue weighted by atomic mass is 31.2. The van der Waals surface area contributed by atoms with Gasteiger partial charge in [-0.3, -0.25) is 14.2 Å². The predicted molar refractivity (Wildman–Crippen MR) is 325 cm³/mol. The molecule has 10 heteroatoms. The number of unbranched alkanes of at least 4 members (excludes halogenated alkanes) is 25. The van der Waals surface area contributed by atoms with Gasteiger partial charge in [0.2, 0.25) is 5.91 Å². The van der Waals surface area contributed by atoms with Crippen LogP contribution in [0.25, 0.3) is 0 Å². The average molecular weight is 1080 g/mol. The Kier molecular flexibility index (Phi) is 53.0. The number of phosphoric acid groups is 1. The van der Waals surface area contributed by atoms with Crippen LogP contribution >= 0.6 is 7.82 Å². The number of carbonyl (C=O) groups excluding carboxylic acids is 2. The van der Waals surface area contributed by atoms with E-state index in [1.54, 1.807) is 0 Å². The second-order valence-electron chi connectivity index (χ2n) is 21.8. The molecule has 0 fully saturated rings. The zero-order valence-electron chi connectivity index (χ0n) is 49.9. The molecule has 76 heavy (non-hydrogen) atoms. The quantitative estimate of drug-likeness (QED) is 0.0212. The number of nitrogens with one attached hydrogen (secondary N) is 1. The predicted octanol–water partition coefficient (Wildman–Crippen LogP) is 18.5. The van der Waals surface area contributed by atoms with Crippen LogP contribution in [0.1, 0.15) is 258 Å². The van der Waals surface area contributed by atoms with Gasteiger partial charge < -0.3 is 28.5 Å². The van der Waals surface area contributed by atoms with E-state index in [4.69, 9.17) is 13.8 Å². The molecule has 0 aliphatic heterocycles. The van der Waals surface area contributed by atoms with E-state index < -0.39 is 26.6 Å². The van der Waals surface area contributed by atoms with E-state index in [9.17, 15) is 19.0 Å². The fraction of sp³-hybridized carbons (Fsp3) is 0.727. The van der Waals surface area contributed by atoms with Crippen LogP contribution in [0.5, 0.6) is 0 Å². The van der Waals surface area contributed by atoms with E-state index in [0.29, 0.717) is 23.9 Å². The van der Waals surface area contributed by atoms with Crippen molar-refractivity contribution in [3.8, 4) is 0 Å². The number of amides is 1. The van der Waals surface area contributed by atoms with Gasteiger partial charge >= 0.3 is 5.97 Å². The van der Waals surface area contributed by atoms with E-state index in [1.165, 1.54) is 109 Å². The van der Waals surface area contributed by atoms with Crippen LogP contribution in [0.4, 0.5) is 0 Å². The van der Waals surface area contributed by atoms with Gasteiger partial charge in [0.15, 0.2) is 0 Å². The first kappa shape index (κ1) is 72.9. The third-order valence-electron chi connectivity index (χ3n) is 13.2. The maximum absolute atomic E-state index is 13.5. The molecule has 0 spiro atoms. The van der Waals surface area contributed by atoms with Gasteiger partial charge in [-0.1, -0.05) is 234 Å². The second kappa shape index (κ2) is 55.3. The van der Waals surface area contributed by atoms with E-state index in [0.717, 1.165) is 109 Å². The molecule has 0 aliphatic rings. The monoisotopic (exact) mass is 1080 g/mol. The minimum absolute atomic E-state index is 0.0350. The van der Waals surface area contributed by atoms with Crippen LogP contribution < -0.4 is 10.2 Å². The van der Waals surface area contributed by atoms with E-state index >= 15 is 0 Å². The summed E-state index contributed by atoms with van der Waals surface area (Å²) in [5.74, 6) is -0.603. The molecule has 3 unspecified atom stereocenters. The molecular weight excluding hydrogens is 964 g/mol. The molecule has 0 aliphatic carbocycles. The van der Waals surface area contributed by atoms with Crippen molar-refractivity contribution in [3.63, 3.8) is 0 Å². The maximum atomic E-state index is 13.5. The summed E-state index contributed by atoms with van der Waals surface area (Å²) in [5.41, 5.74) is 0. The van der Waals surface area contributed by atoms with Crippen LogP contribution in [0.3, 0.4) is 0 Å². The minimum atomic E-state index is -4.72. The number of quaternary nitrogens is 1. The van der Waals surface area contributed by atoms with Gasteiger partial charge in [0, 0.05) is 12.8 Å². The highest BCUT2D eigenvalue weighted by Gasteiger charge is 2.27. The topological polar surface area (TPSA) is 114 Å². The summed E-state index contributed by atoms with van der Waals surface area (Å²) in [5, 5.41) is 3.01. The van der Waals surface area contributed by atoms with Gasteiger partial charge in [-0.15, -0.1) is 0 Å². The summed E-state index contributed by atoms with van der Waals surface area (Å²) in [7, 11) is 1.15. The van der Waals surface area contributed by atoms with Crippen molar-refractivity contribution in [2.75, 3.05) is 40.9 Å². The van der Waals surface area contributed by atoms with Crippen molar-refractivity contribution in [3.05, 3.63) is 97.2 Å². The van der Waals surface area contributed by atoms with Crippen molar-refractivity contribution in [2.45, 2.75) is 270 Å². The summed E-state index contributed by atoms with van der Waals surface area (Å²) >= 11 is 0. The Morgan fingerprint density at radius 1 is 0.474 bits per heavy atom. The lowest BCUT2D eigenvalue weighted by Crippen LogP contribution is -2.47. The van der Waals surface area contributed by atoms with Gasteiger partial charge in [-0.25, -0.2) is 0 Å². The smallest absolute Gasteiger partial charge is 0.306 e. The first-order valence-corrected chi connectivity index (χ1v) is 32.5. The fourth-order valence-electron chi connectivity index (χ4n) is 8.46. The van der Waals surface area contributed by atoms with Crippen LogP contribution in [-0.4, -0.2) is 69.4 Å². The Morgan fingerprint density at radius 3 is 1.29 bits per heavy atom. The maximum Gasteiger partial charge on any atom is 0.306 e. The van der Waals surface area contributed by atoms with Crippen molar-refractivity contribution >= 4 is 19.7 Å². The number of hydrogen-bond acceptors (Lipinski definition) is 7. The number of nitrogens with zero attached hydrogens (tertiary/aromatic N) is 1. The number of hydrogen-bond donors (Lipinski definition) is 1. The number of likely N-dealkylation sites (N-methyl/N-ethyl adjacent to an activating group) is 1. The summed E-state index contributed by atoms with van der Waals surface area (Å²) < 4.78 is 30.3. The van der Waals surface area contributed by atoms with Crippen molar-refractivity contribution in [1.29, 1.82) is 0 Å². The first-order valence-electron chi connectivity index (χ1n) is 31.0. The number of esters is 1. The molecule has 0 bridgehead atoms. The average Bonchev–Trinajstić information content (AvgIpc) is 3.38. The van der Waals surface area contributed by atoms with Crippen molar-refractivity contribution < 1.29 is 37.3 Å². The molecule has 3 atom stereocenters. The zero-order chi connectivity index (χ0) is 55.7. The molecule has 9 nitrogen and oxygen atoms in total. The zero-order valence-corrected chi connectivity index (χ0v) is 50.8. The first-order chi connectivity index (χ1) is 36.9. The molecule has 0 saturated heterocycles. The highest BCUT2D eigenvalue weighted by molar-refractivity contribution is 7.45. The number of ether oxygens (including phenoxy) is 1. The highest BCUT2D eigenvalue weighted by Crippen LogP contribution is 2.38. The molecule has 0 rings (SSSR count). The van der Waals surface area contributed by atoms with E-state index in [2.05, 4.69) is 111 Å². The largest absolute Gasteiger partial charge is 0.756 e. The molecule has 0 saturated carbocycles. The number of allylic oxidation sites excluding steroid dienone is 15. The summed E-state index contributed by atoms with van der Waals surface area (Å²) in [6, 6.07) is -0.916. The molecule has 0 aromatic rings. The molecule has 0 heterocycles. The SMILES string of the molecule is CC/C=C\C/C=C\C/C=C\C/C=C\C/C=C\C/C=C\CCCCC(=O)OC(/C=C/CCCCCCCCCCCCC)C(COP(=O)([O-])OCC[N+](C)(C)C)NC(=O)CCCCCCC/C=C/CCCCCCCCC. The van der Waals surface area contributed by atoms with Gasteiger partial charge in [-0.05, 0) is 109 Å². The van der Waals surface area contributed by atoms with Crippen LogP contribution in [0.2, 0.25) is 0 Å². The van der Waals surface area contributed by atoms with Crippen LogP contribution in [-0.2, 0) is 27.9 Å². The second-order valence-corrected chi connectivity index (χ2v) is 23.2. The van der Waals surface area contributed by atoms with Crippen LogP contribution in [0, 0.1) is 0 Å². The molecule has 1 N–H and O–H groups in total. The fourth-order valence-corrected chi connectivity index (χ4v) is 9.18. The van der Waals surface area contributed by atoms with Crippen molar-refractivity contribution in [1.82, 2.24) is 5.32 Å². The third-order valence-corrected chi connectivity index (χ3v) is 14.2. The summed E-state index contributed by atoms with van der Waals surface area (Å²) in [6.07, 6.45) is 73.7. The van der Waals surface area contributed by atoms with Crippen molar-refractivity contribution in [2.24, 2.45) is 0 Å². The van der Waals surface area contributed by atoms with E-state index in [-0.39, 0.29) is 24.9 Å². The summed E-state index contributed by atoms with van der Waals surface area (Å²) in [4.78, 5) is 40.0. The molecule has 438 valence electrons. The third kappa shape index (κ3) is 55.7. The molecule has 0 aromatic heterocycles. The molecule has 0 aromatic carbocycles. The Hall–Kier alpha value is -3.07. The Balaban J connectivity index is 5.39. The molecule has 0 radical (unpaired) electrons. The van der Waals surface area contributed by atoms with Gasteiger partial charge in [-0.2, -0.15) is 0 Å². The normalized spacial score (nSPS) is 14.4. The van der Waals surface area contributed by atoms with E-state index in [1.807, 2.05) is 33.3 Å². The molecule has 1 amide bonds. The molecular formula is C66H117N2O7P. The van der Waals surface area contributed by atoms with Gasteiger partial charge in [0.1, 0.15) is 19.3 Å². The van der Waals surface area contributed by atoms with Gasteiger partial charge in [0.25, 0.3) is 7.82 Å².